The number of hydrogen-bond donors (Lipinski definition) is 0. The Morgan fingerprint density at radius 2 is 0.794 bits per heavy atom. The van der Waals surface area contributed by atoms with Crippen LogP contribution in [0.4, 0.5) is 0 Å². The van der Waals surface area contributed by atoms with Crippen molar-refractivity contribution in [3.8, 4) is 90.3 Å². The number of aromatic nitrogens is 5. The van der Waals surface area contributed by atoms with Crippen molar-refractivity contribution in [1.82, 2.24) is 24.9 Å². The summed E-state index contributed by atoms with van der Waals surface area (Å²) >= 11 is 0. The second-order valence-corrected chi connectivity index (χ2v) is 18.1. The Kier molecular flexibility index (Phi) is 9.08. The molecule has 0 atom stereocenters. The monoisotopic (exact) mass is 871 g/mol. The standard InChI is InChI=1S/C62H41N5O/c1-62(2)52-35-45(27-29-48(52)51-33-42-19-9-10-20-43(42)34-53(51)62)55-37-54(63-58(64-55)38-15-5-3-6-16-38)44-23-13-21-40(31-44)41-22-14-24-46(32-41)60-65-59(39-17-7-4-8-18-39)66-61(67-60)47-28-30-50-49-25-11-12-26-56(49)68-57(50)36-47/h3-37H,1-2H3. The first-order valence-electron chi connectivity index (χ1n) is 23.0. The van der Waals surface area contributed by atoms with E-state index in [0.29, 0.717) is 23.3 Å². The highest BCUT2D eigenvalue weighted by atomic mass is 16.3. The maximum absolute atomic E-state index is 6.28. The minimum atomic E-state index is -0.179. The molecule has 0 fully saturated rings. The van der Waals surface area contributed by atoms with Crippen molar-refractivity contribution in [2.24, 2.45) is 0 Å². The molecule has 0 N–H and O–H groups in total. The molecule has 9 aromatic carbocycles. The lowest BCUT2D eigenvalue weighted by Crippen LogP contribution is -2.15. The van der Waals surface area contributed by atoms with E-state index in [1.54, 1.807) is 0 Å². The first kappa shape index (κ1) is 39.5. The van der Waals surface area contributed by atoms with E-state index in [1.165, 1.54) is 33.0 Å². The van der Waals surface area contributed by atoms with E-state index >= 15 is 0 Å². The molecule has 3 aromatic heterocycles. The third-order valence-corrected chi connectivity index (χ3v) is 13.5. The van der Waals surface area contributed by atoms with Gasteiger partial charge in [0, 0.05) is 49.6 Å². The van der Waals surface area contributed by atoms with Gasteiger partial charge in [-0.05, 0) is 98.8 Å². The Morgan fingerprint density at radius 1 is 0.309 bits per heavy atom. The number of nitrogens with zero attached hydrogens (tertiary/aromatic N) is 5. The highest BCUT2D eigenvalue weighted by molar-refractivity contribution is 6.05. The second-order valence-electron chi connectivity index (χ2n) is 18.1. The zero-order valence-corrected chi connectivity index (χ0v) is 37.4. The number of para-hydroxylation sites is 1. The number of furan rings is 1. The normalized spacial score (nSPS) is 12.7. The minimum absolute atomic E-state index is 0.179. The maximum Gasteiger partial charge on any atom is 0.164 e. The van der Waals surface area contributed by atoms with Crippen LogP contribution in [0.5, 0.6) is 0 Å². The molecule has 0 unspecified atom stereocenters. The first-order valence-corrected chi connectivity index (χ1v) is 23.0. The van der Waals surface area contributed by atoms with Gasteiger partial charge in [0.2, 0.25) is 0 Å². The Labute approximate surface area is 393 Å². The summed E-state index contributed by atoms with van der Waals surface area (Å²) in [5, 5.41) is 4.65. The number of fused-ring (bicyclic) bond motifs is 7. The van der Waals surface area contributed by atoms with E-state index < -0.39 is 0 Å². The number of hydrogen-bond acceptors (Lipinski definition) is 6. The van der Waals surface area contributed by atoms with Crippen molar-refractivity contribution in [3.63, 3.8) is 0 Å². The summed E-state index contributed by atoms with van der Waals surface area (Å²) in [5.74, 6) is 2.43. The summed E-state index contributed by atoms with van der Waals surface area (Å²) < 4.78 is 6.28. The van der Waals surface area contributed by atoms with Gasteiger partial charge in [-0.15, -0.1) is 0 Å². The molecule has 1 aliphatic carbocycles. The summed E-state index contributed by atoms with van der Waals surface area (Å²) in [6, 6.07) is 73.9. The molecule has 12 aromatic rings. The lowest BCUT2D eigenvalue weighted by atomic mass is 9.81. The molecule has 0 saturated carbocycles. The van der Waals surface area contributed by atoms with Gasteiger partial charge in [-0.2, -0.15) is 0 Å². The first-order chi connectivity index (χ1) is 33.4. The van der Waals surface area contributed by atoms with Gasteiger partial charge in [-0.1, -0.05) is 172 Å². The smallest absolute Gasteiger partial charge is 0.164 e. The molecular weight excluding hydrogens is 831 g/mol. The van der Waals surface area contributed by atoms with Crippen molar-refractivity contribution < 1.29 is 4.42 Å². The van der Waals surface area contributed by atoms with Gasteiger partial charge in [-0.25, -0.2) is 24.9 Å². The van der Waals surface area contributed by atoms with Crippen LogP contribution in [-0.4, -0.2) is 24.9 Å². The summed E-state index contributed by atoms with van der Waals surface area (Å²) in [7, 11) is 0. The fraction of sp³-hybridized carbons (Fsp3) is 0.0484. The van der Waals surface area contributed by atoms with Crippen LogP contribution in [0.3, 0.4) is 0 Å². The Hall–Kier alpha value is -8.87. The van der Waals surface area contributed by atoms with E-state index in [0.717, 1.165) is 77.8 Å². The van der Waals surface area contributed by atoms with E-state index in [2.05, 4.69) is 153 Å². The topological polar surface area (TPSA) is 77.6 Å². The van der Waals surface area contributed by atoms with Gasteiger partial charge in [0.25, 0.3) is 0 Å². The average molecular weight is 872 g/mol. The van der Waals surface area contributed by atoms with Crippen LogP contribution in [0.2, 0.25) is 0 Å². The fourth-order valence-electron chi connectivity index (χ4n) is 9.95. The SMILES string of the molecule is CC1(C)c2cc(-c3cc(-c4cccc(-c5cccc(-c6nc(-c7ccccc7)nc(-c7ccc8c(c7)oc7ccccc78)n6)c5)c4)nc(-c4ccccc4)n3)ccc2-c2cc3ccccc3cc21. The molecule has 68 heavy (non-hydrogen) atoms. The van der Waals surface area contributed by atoms with E-state index in [1.807, 2.05) is 72.8 Å². The third kappa shape index (κ3) is 6.76. The van der Waals surface area contributed by atoms with Gasteiger partial charge in [0.15, 0.2) is 23.3 Å². The summed E-state index contributed by atoms with van der Waals surface area (Å²) in [6.07, 6.45) is 0. The quantitative estimate of drug-likeness (QED) is 0.159. The van der Waals surface area contributed by atoms with Crippen molar-refractivity contribution in [1.29, 1.82) is 0 Å². The van der Waals surface area contributed by atoms with Crippen molar-refractivity contribution in [3.05, 3.63) is 223 Å². The van der Waals surface area contributed by atoms with Gasteiger partial charge >= 0.3 is 0 Å². The maximum atomic E-state index is 6.28. The van der Waals surface area contributed by atoms with Gasteiger partial charge in [-0.3, -0.25) is 0 Å². The van der Waals surface area contributed by atoms with Crippen LogP contribution in [0.1, 0.15) is 25.0 Å². The van der Waals surface area contributed by atoms with Crippen molar-refractivity contribution >= 4 is 32.7 Å². The lowest BCUT2D eigenvalue weighted by Gasteiger charge is -2.22. The molecular formula is C62H41N5O. The molecule has 1 aliphatic rings. The highest BCUT2D eigenvalue weighted by Gasteiger charge is 2.36. The molecule has 0 spiro atoms. The molecule has 320 valence electrons. The molecule has 0 bridgehead atoms. The third-order valence-electron chi connectivity index (χ3n) is 13.5. The summed E-state index contributed by atoms with van der Waals surface area (Å²) in [5.41, 5.74) is 16.1. The zero-order chi connectivity index (χ0) is 45.3. The highest BCUT2D eigenvalue weighted by Crippen LogP contribution is 2.51. The van der Waals surface area contributed by atoms with Crippen LogP contribution in [-0.2, 0) is 5.41 Å². The number of benzene rings is 9. The number of rotatable bonds is 7. The van der Waals surface area contributed by atoms with Gasteiger partial charge in [0.1, 0.15) is 11.2 Å². The predicted molar refractivity (Wildman–Crippen MR) is 276 cm³/mol. The lowest BCUT2D eigenvalue weighted by molar-refractivity contribution is 0.661. The summed E-state index contributed by atoms with van der Waals surface area (Å²) in [4.78, 5) is 25.7. The molecule has 6 heteroatoms. The van der Waals surface area contributed by atoms with E-state index in [-0.39, 0.29) is 5.41 Å². The van der Waals surface area contributed by atoms with Crippen LogP contribution in [0.15, 0.2) is 217 Å². The van der Waals surface area contributed by atoms with Crippen LogP contribution in [0, 0.1) is 0 Å². The minimum Gasteiger partial charge on any atom is -0.456 e. The van der Waals surface area contributed by atoms with Crippen LogP contribution in [0.25, 0.3) is 123 Å². The Morgan fingerprint density at radius 3 is 1.50 bits per heavy atom. The molecule has 6 nitrogen and oxygen atoms in total. The second kappa shape index (κ2) is 15.6. The fourth-order valence-corrected chi connectivity index (χ4v) is 9.95. The largest absolute Gasteiger partial charge is 0.456 e. The molecule has 13 rings (SSSR count). The molecule has 0 radical (unpaired) electrons. The van der Waals surface area contributed by atoms with E-state index in [9.17, 15) is 0 Å². The van der Waals surface area contributed by atoms with E-state index in [4.69, 9.17) is 29.3 Å². The predicted octanol–water partition coefficient (Wildman–Crippen LogP) is 15.7. The summed E-state index contributed by atoms with van der Waals surface area (Å²) in [6.45, 7) is 4.67. The van der Waals surface area contributed by atoms with Crippen molar-refractivity contribution in [2.75, 3.05) is 0 Å². The Balaban J connectivity index is 0.889. The van der Waals surface area contributed by atoms with Gasteiger partial charge in [0.05, 0.1) is 11.4 Å². The molecule has 3 heterocycles. The molecule has 0 saturated heterocycles. The average Bonchev–Trinajstić information content (AvgIpc) is 3.88. The van der Waals surface area contributed by atoms with Crippen molar-refractivity contribution in [2.45, 2.75) is 19.3 Å². The van der Waals surface area contributed by atoms with Gasteiger partial charge < -0.3 is 4.42 Å². The molecule has 0 amide bonds. The molecule has 0 aliphatic heterocycles. The van der Waals surface area contributed by atoms with Crippen LogP contribution < -0.4 is 0 Å². The van der Waals surface area contributed by atoms with Crippen LogP contribution >= 0.6 is 0 Å². The zero-order valence-electron chi connectivity index (χ0n) is 37.4. The Bertz CT molecular complexity index is 3950.